The fraction of sp³-hybridized carbons (Fsp3) is 0.935. The molecule has 0 radical (unpaired) electrons. The molecule has 1 N–H and O–H groups in total. The Kier molecular flexibility index (Phi) is 6.91. The van der Waals surface area contributed by atoms with E-state index in [9.17, 15) is 5.11 Å². The van der Waals surface area contributed by atoms with Gasteiger partial charge in [0, 0.05) is 6.10 Å². The summed E-state index contributed by atoms with van der Waals surface area (Å²) in [6, 6.07) is 0. The predicted molar refractivity (Wildman–Crippen MR) is 147 cm³/mol. The SMILES string of the molecule is C=C(C)[C@H]1CC[C@H]2[C@@H]3CC[C@@H]4C[C@@](O)(CCC)CC[C@]4(C)[C@H]3C(O[Si](C)(C)C(C)(C)C)C[C@]12C. The van der Waals surface area contributed by atoms with E-state index in [2.05, 4.69) is 68.1 Å². The number of allylic oxidation sites excluding steroid dienone is 1. The van der Waals surface area contributed by atoms with Gasteiger partial charge in [0.05, 0.1) is 5.60 Å². The van der Waals surface area contributed by atoms with Crippen LogP contribution >= 0.6 is 0 Å². The van der Waals surface area contributed by atoms with E-state index < -0.39 is 13.9 Å². The van der Waals surface area contributed by atoms with Gasteiger partial charge in [-0.25, -0.2) is 0 Å². The summed E-state index contributed by atoms with van der Waals surface area (Å²) < 4.78 is 7.47. The van der Waals surface area contributed by atoms with Crippen molar-refractivity contribution < 1.29 is 9.53 Å². The van der Waals surface area contributed by atoms with Crippen LogP contribution in [0.3, 0.4) is 0 Å². The standard InChI is InChI=1S/C31H56O2Si/c1-11-16-31(32)18-17-29(7)22(19-31)12-13-23-25-15-14-24(21(2)3)30(25,8)20-26(27(23)29)33-34(9,10)28(4,5)6/h22-27,32H,2,11-20H2,1,3-10H3/t22-,23+,24-,25+,26?,27-,29+,30-,31-/m1/s1. The molecule has 9 atom stereocenters. The van der Waals surface area contributed by atoms with Crippen LogP contribution < -0.4 is 0 Å². The minimum absolute atomic E-state index is 0.229. The molecule has 196 valence electrons. The Hall–Kier alpha value is -0.123. The average Bonchev–Trinajstić information content (AvgIpc) is 3.04. The fourth-order valence-corrected chi connectivity index (χ4v) is 10.9. The van der Waals surface area contributed by atoms with Gasteiger partial charge in [-0.3, -0.25) is 0 Å². The van der Waals surface area contributed by atoms with Gasteiger partial charge >= 0.3 is 0 Å². The second-order valence-corrected chi connectivity index (χ2v) is 20.1. The van der Waals surface area contributed by atoms with Crippen LogP contribution in [0.15, 0.2) is 12.2 Å². The first-order chi connectivity index (χ1) is 15.6. The van der Waals surface area contributed by atoms with Crippen LogP contribution in [-0.4, -0.2) is 25.1 Å². The first-order valence-electron chi connectivity index (χ1n) is 14.6. The Labute approximate surface area is 212 Å². The van der Waals surface area contributed by atoms with E-state index >= 15 is 0 Å². The Balaban J connectivity index is 1.73. The van der Waals surface area contributed by atoms with Gasteiger partial charge < -0.3 is 9.53 Å². The van der Waals surface area contributed by atoms with Crippen molar-refractivity contribution in [2.24, 2.45) is 40.4 Å². The van der Waals surface area contributed by atoms with Gasteiger partial charge in [0.25, 0.3) is 0 Å². The highest BCUT2D eigenvalue weighted by molar-refractivity contribution is 6.74. The van der Waals surface area contributed by atoms with Crippen molar-refractivity contribution in [3.05, 3.63) is 12.2 Å². The van der Waals surface area contributed by atoms with Gasteiger partial charge in [-0.1, -0.05) is 60.1 Å². The van der Waals surface area contributed by atoms with Gasteiger partial charge in [0.1, 0.15) is 0 Å². The van der Waals surface area contributed by atoms with Crippen LogP contribution in [0.4, 0.5) is 0 Å². The third-order valence-electron chi connectivity index (χ3n) is 12.3. The smallest absolute Gasteiger partial charge is 0.192 e. The van der Waals surface area contributed by atoms with Gasteiger partial charge in [-0.05, 0) is 123 Å². The quantitative estimate of drug-likeness (QED) is 0.309. The van der Waals surface area contributed by atoms with Crippen LogP contribution in [0.1, 0.15) is 113 Å². The van der Waals surface area contributed by atoms with E-state index in [0.29, 0.717) is 34.7 Å². The van der Waals surface area contributed by atoms with Crippen molar-refractivity contribution in [3.63, 3.8) is 0 Å². The molecule has 1 unspecified atom stereocenters. The zero-order chi connectivity index (χ0) is 25.3. The number of aliphatic hydroxyl groups is 1. The maximum atomic E-state index is 11.4. The third kappa shape index (κ3) is 4.22. The normalized spacial score (nSPS) is 47.0. The molecule has 0 spiro atoms. The Morgan fingerprint density at radius 1 is 1.03 bits per heavy atom. The summed E-state index contributed by atoms with van der Waals surface area (Å²) >= 11 is 0. The maximum absolute atomic E-state index is 11.4. The molecule has 0 bridgehead atoms. The monoisotopic (exact) mass is 488 g/mol. The molecule has 2 nitrogen and oxygen atoms in total. The zero-order valence-electron chi connectivity index (χ0n) is 24.1. The van der Waals surface area contributed by atoms with Gasteiger partial charge in [-0.2, -0.15) is 0 Å². The molecular weight excluding hydrogens is 432 g/mol. The number of hydrogen-bond acceptors (Lipinski definition) is 2. The molecule has 34 heavy (non-hydrogen) atoms. The van der Waals surface area contributed by atoms with Crippen molar-refractivity contribution >= 4 is 8.32 Å². The summed E-state index contributed by atoms with van der Waals surface area (Å²) in [7, 11) is -1.90. The molecule has 0 aromatic rings. The molecule has 3 heteroatoms. The molecule has 0 aliphatic heterocycles. The third-order valence-corrected chi connectivity index (χ3v) is 16.8. The molecule has 0 saturated heterocycles. The first-order valence-corrected chi connectivity index (χ1v) is 17.5. The molecule has 0 heterocycles. The van der Waals surface area contributed by atoms with Gasteiger partial charge in [-0.15, -0.1) is 0 Å². The summed E-state index contributed by atoms with van der Waals surface area (Å²) in [5.41, 5.74) is 1.61. The molecule has 0 aromatic heterocycles. The van der Waals surface area contributed by atoms with E-state index in [1.165, 1.54) is 44.1 Å². The Morgan fingerprint density at radius 3 is 2.29 bits per heavy atom. The lowest BCUT2D eigenvalue weighted by molar-refractivity contribution is -0.186. The molecule has 4 rings (SSSR count). The van der Waals surface area contributed by atoms with E-state index in [1.807, 2.05) is 0 Å². The summed E-state index contributed by atoms with van der Waals surface area (Å²) in [4.78, 5) is 0. The summed E-state index contributed by atoms with van der Waals surface area (Å²) in [6.45, 7) is 26.3. The van der Waals surface area contributed by atoms with Crippen molar-refractivity contribution in [1.82, 2.24) is 0 Å². The fourth-order valence-electron chi connectivity index (χ4n) is 9.58. The highest BCUT2D eigenvalue weighted by atomic mass is 28.4. The van der Waals surface area contributed by atoms with Crippen molar-refractivity contribution in [2.45, 2.75) is 143 Å². The lowest BCUT2D eigenvalue weighted by atomic mass is 9.43. The van der Waals surface area contributed by atoms with Crippen LogP contribution in [0.5, 0.6) is 0 Å². The van der Waals surface area contributed by atoms with Crippen LogP contribution in [0, 0.1) is 40.4 Å². The molecular formula is C31H56O2Si. The van der Waals surface area contributed by atoms with E-state index in [4.69, 9.17) is 4.43 Å². The molecule has 4 aliphatic rings. The van der Waals surface area contributed by atoms with Crippen molar-refractivity contribution in [2.75, 3.05) is 0 Å². The van der Waals surface area contributed by atoms with Gasteiger partial charge in [0.15, 0.2) is 8.32 Å². The average molecular weight is 489 g/mol. The topological polar surface area (TPSA) is 29.5 Å². The summed E-state index contributed by atoms with van der Waals surface area (Å²) in [5.74, 6) is 3.53. The second kappa shape index (κ2) is 8.73. The Morgan fingerprint density at radius 2 is 1.71 bits per heavy atom. The molecule has 4 aliphatic carbocycles. The lowest BCUT2D eigenvalue weighted by Crippen LogP contribution is -2.62. The predicted octanol–water partition coefficient (Wildman–Crippen LogP) is 8.75. The highest BCUT2D eigenvalue weighted by Gasteiger charge is 2.65. The largest absolute Gasteiger partial charge is 0.414 e. The minimum atomic E-state index is -1.90. The first kappa shape index (κ1) is 26.9. The minimum Gasteiger partial charge on any atom is -0.414 e. The van der Waals surface area contributed by atoms with E-state index in [1.54, 1.807) is 0 Å². The van der Waals surface area contributed by atoms with Gasteiger partial charge in [0.2, 0.25) is 0 Å². The zero-order valence-corrected chi connectivity index (χ0v) is 25.1. The number of rotatable bonds is 5. The maximum Gasteiger partial charge on any atom is 0.192 e. The van der Waals surface area contributed by atoms with E-state index in [-0.39, 0.29) is 5.04 Å². The molecule has 0 aromatic carbocycles. The highest BCUT2D eigenvalue weighted by Crippen LogP contribution is 2.69. The number of fused-ring (bicyclic) bond motifs is 5. The number of hydrogen-bond donors (Lipinski definition) is 1. The van der Waals surface area contributed by atoms with Crippen molar-refractivity contribution in [1.29, 1.82) is 0 Å². The Bertz CT molecular complexity index is 783. The van der Waals surface area contributed by atoms with Crippen LogP contribution in [-0.2, 0) is 4.43 Å². The summed E-state index contributed by atoms with van der Waals surface area (Å²) in [5, 5.41) is 11.7. The van der Waals surface area contributed by atoms with Crippen LogP contribution in [0.2, 0.25) is 18.1 Å². The van der Waals surface area contributed by atoms with Crippen LogP contribution in [0.25, 0.3) is 0 Å². The van der Waals surface area contributed by atoms with Crippen molar-refractivity contribution in [3.8, 4) is 0 Å². The second-order valence-electron chi connectivity index (χ2n) is 15.4. The summed E-state index contributed by atoms with van der Waals surface area (Å²) in [6.07, 6.45) is 12.2. The molecule has 0 amide bonds. The van der Waals surface area contributed by atoms with E-state index in [0.717, 1.165) is 37.5 Å². The molecule has 4 saturated carbocycles. The lowest BCUT2D eigenvalue weighted by Gasteiger charge is -2.65. The molecule has 4 fully saturated rings.